The van der Waals surface area contributed by atoms with Gasteiger partial charge in [0.25, 0.3) is 10.0 Å². The summed E-state index contributed by atoms with van der Waals surface area (Å²) in [6.45, 7) is 1.81. The molecule has 0 amide bonds. The van der Waals surface area contributed by atoms with E-state index in [0.717, 1.165) is 16.5 Å². The number of pyridine rings is 2. The van der Waals surface area contributed by atoms with Crippen molar-refractivity contribution in [3.63, 3.8) is 0 Å². The number of nitrogens with zero attached hydrogens (tertiary/aromatic N) is 3. The minimum Gasteiger partial charge on any atom is -0.391 e. The van der Waals surface area contributed by atoms with Crippen LogP contribution in [-0.4, -0.2) is 28.6 Å². The van der Waals surface area contributed by atoms with Crippen molar-refractivity contribution in [1.82, 2.24) is 24.9 Å². The molecule has 1 aromatic carbocycles. The minimum atomic E-state index is -4.04. The Morgan fingerprint density at radius 1 is 1.13 bits per heavy atom. The first kappa shape index (κ1) is 20.4. The zero-order valence-electron chi connectivity index (χ0n) is 15.6. The van der Waals surface area contributed by atoms with Crippen LogP contribution in [0.15, 0.2) is 73.6 Å². The van der Waals surface area contributed by atoms with Crippen LogP contribution in [0, 0.1) is 0 Å². The molecule has 0 radical (unpaired) electrons. The molecule has 2 unspecified atom stereocenters. The molecule has 0 bridgehead atoms. The third-order valence-corrected chi connectivity index (χ3v) is 6.46. The number of nitrogens with one attached hydrogen (secondary N) is 2. The maximum atomic E-state index is 13.0. The molecule has 4 aromatic rings. The maximum Gasteiger partial charge on any atom is 0.434 e. The van der Waals surface area contributed by atoms with Gasteiger partial charge in [0.2, 0.25) is 5.89 Å². The van der Waals surface area contributed by atoms with E-state index in [2.05, 4.69) is 40.8 Å². The van der Waals surface area contributed by atoms with Gasteiger partial charge in [-0.1, -0.05) is 31.2 Å². The lowest BCUT2D eigenvalue weighted by Crippen LogP contribution is -2.33. The first-order chi connectivity index (χ1) is 14.3. The van der Waals surface area contributed by atoms with E-state index in [9.17, 15) is 13.2 Å². The fraction of sp³-hybridized carbons (Fsp3) is 0.158. The Bertz CT molecular complexity index is 1350. The fourth-order valence-electron chi connectivity index (χ4n) is 3.16. The molecule has 154 valence electrons. The van der Waals surface area contributed by atoms with Gasteiger partial charge in [-0.05, 0) is 39.7 Å². The fourth-order valence-corrected chi connectivity index (χ4v) is 4.60. The SMILES string of the molecule is CC(c1cccc2cccnc12)C(NS(=O)(=O)c1ccc(Br)cn1)c1n[nH]c(=O)o1. The maximum absolute atomic E-state index is 13.0. The molecule has 0 aliphatic rings. The van der Waals surface area contributed by atoms with Crippen LogP contribution < -0.4 is 10.5 Å². The standard InChI is InChI=1S/C19H16BrN5O4S/c1-11(14-6-2-4-12-5-3-9-21-17(12)14)16(18-23-24-19(26)29-18)25-30(27,28)15-8-7-13(20)10-22-15/h2-11,16,25H,1H3,(H,24,26). The molecule has 9 nitrogen and oxygen atoms in total. The van der Waals surface area contributed by atoms with E-state index in [0.29, 0.717) is 4.47 Å². The number of rotatable bonds is 6. The van der Waals surface area contributed by atoms with Gasteiger partial charge < -0.3 is 4.42 Å². The molecule has 4 rings (SSSR count). The second kappa shape index (κ2) is 8.09. The molecule has 0 aliphatic carbocycles. The predicted octanol–water partition coefficient (Wildman–Crippen LogP) is 2.89. The van der Waals surface area contributed by atoms with Crippen molar-refractivity contribution in [3.8, 4) is 0 Å². The van der Waals surface area contributed by atoms with E-state index in [4.69, 9.17) is 4.42 Å². The molecular weight excluding hydrogens is 474 g/mol. The van der Waals surface area contributed by atoms with Crippen molar-refractivity contribution < 1.29 is 12.8 Å². The predicted molar refractivity (Wildman–Crippen MR) is 112 cm³/mol. The third kappa shape index (κ3) is 4.04. The summed E-state index contributed by atoms with van der Waals surface area (Å²) in [5, 5.41) is 6.77. The lowest BCUT2D eigenvalue weighted by Gasteiger charge is -2.23. The Labute approximate surface area is 179 Å². The zero-order chi connectivity index (χ0) is 21.3. The third-order valence-electron chi connectivity index (χ3n) is 4.63. The first-order valence-corrected chi connectivity index (χ1v) is 11.2. The molecule has 11 heteroatoms. The number of sulfonamides is 1. The Morgan fingerprint density at radius 2 is 1.93 bits per heavy atom. The van der Waals surface area contributed by atoms with Crippen molar-refractivity contribution >= 4 is 36.9 Å². The summed E-state index contributed by atoms with van der Waals surface area (Å²) in [5.41, 5.74) is 1.49. The van der Waals surface area contributed by atoms with Crippen LogP contribution in [0.4, 0.5) is 0 Å². The van der Waals surface area contributed by atoms with Gasteiger partial charge in [-0.25, -0.2) is 23.3 Å². The number of fused-ring (bicyclic) bond motifs is 1. The Morgan fingerprint density at radius 3 is 2.63 bits per heavy atom. The van der Waals surface area contributed by atoms with Crippen LogP contribution >= 0.6 is 15.9 Å². The molecule has 0 spiro atoms. The zero-order valence-corrected chi connectivity index (χ0v) is 18.0. The van der Waals surface area contributed by atoms with E-state index in [-0.39, 0.29) is 10.9 Å². The van der Waals surface area contributed by atoms with Crippen molar-refractivity contribution in [1.29, 1.82) is 0 Å². The van der Waals surface area contributed by atoms with Crippen LogP contribution in [0.2, 0.25) is 0 Å². The van der Waals surface area contributed by atoms with E-state index in [1.165, 1.54) is 12.3 Å². The minimum absolute atomic E-state index is 0.0823. The molecule has 3 heterocycles. The summed E-state index contributed by atoms with van der Waals surface area (Å²) in [6.07, 6.45) is 3.05. The number of hydrogen-bond donors (Lipinski definition) is 2. The summed E-state index contributed by atoms with van der Waals surface area (Å²) in [4.78, 5) is 19.9. The van der Waals surface area contributed by atoms with Crippen molar-refractivity contribution in [3.05, 3.63) is 81.3 Å². The highest BCUT2D eigenvalue weighted by Gasteiger charge is 2.32. The van der Waals surface area contributed by atoms with Crippen LogP contribution in [0.3, 0.4) is 0 Å². The summed E-state index contributed by atoms with van der Waals surface area (Å²) in [6, 6.07) is 11.3. The van der Waals surface area contributed by atoms with E-state index in [1.807, 2.05) is 30.3 Å². The first-order valence-electron chi connectivity index (χ1n) is 8.88. The van der Waals surface area contributed by atoms with Gasteiger partial charge in [0, 0.05) is 28.2 Å². The highest BCUT2D eigenvalue weighted by Crippen LogP contribution is 2.34. The van der Waals surface area contributed by atoms with Crippen molar-refractivity contribution in [2.24, 2.45) is 0 Å². The van der Waals surface area contributed by atoms with Gasteiger partial charge in [0.05, 0.1) is 5.52 Å². The topological polar surface area (TPSA) is 131 Å². The average molecular weight is 490 g/mol. The second-order valence-electron chi connectivity index (χ2n) is 6.58. The quantitative estimate of drug-likeness (QED) is 0.425. The van der Waals surface area contributed by atoms with Crippen LogP contribution in [0.5, 0.6) is 0 Å². The van der Waals surface area contributed by atoms with Crippen molar-refractivity contribution in [2.75, 3.05) is 0 Å². The van der Waals surface area contributed by atoms with Gasteiger partial charge in [-0.2, -0.15) is 4.72 Å². The van der Waals surface area contributed by atoms with Crippen LogP contribution in [0.1, 0.15) is 30.3 Å². The lowest BCUT2D eigenvalue weighted by atomic mass is 9.92. The van der Waals surface area contributed by atoms with Gasteiger partial charge in [-0.3, -0.25) is 4.98 Å². The van der Waals surface area contributed by atoms with Gasteiger partial charge in [0.1, 0.15) is 6.04 Å². The molecular formula is C19H16BrN5O4S. The number of H-pyrrole nitrogens is 1. The molecule has 0 aliphatic heterocycles. The molecule has 0 saturated carbocycles. The van der Waals surface area contributed by atoms with Crippen molar-refractivity contribution in [2.45, 2.75) is 23.9 Å². The van der Waals surface area contributed by atoms with Gasteiger partial charge >= 0.3 is 5.76 Å². The second-order valence-corrected chi connectivity index (χ2v) is 9.15. The van der Waals surface area contributed by atoms with Gasteiger partial charge in [-0.15, -0.1) is 5.10 Å². The normalized spacial score (nSPS) is 13.9. The van der Waals surface area contributed by atoms with E-state index < -0.39 is 27.7 Å². The van der Waals surface area contributed by atoms with E-state index >= 15 is 0 Å². The van der Waals surface area contributed by atoms with Gasteiger partial charge in [0.15, 0.2) is 5.03 Å². The molecule has 0 fully saturated rings. The van der Waals surface area contributed by atoms with E-state index in [1.54, 1.807) is 19.2 Å². The monoisotopic (exact) mass is 489 g/mol. The summed E-state index contributed by atoms with van der Waals surface area (Å²) >= 11 is 3.23. The number of hydrogen-bond acceptors (Lipinski definition) is 7. The van der Waals surface area contributed by atoms with Crippen LogP contribution in [-0.2, 0) is 10.0 Å². The number of benzene rings is 1. The summed E-state index contributed by atoms with van der Waals surface area (Å²) in [5.74, 6) is -1.33. The highest BCUT2D eigenvalue weighted by atomic mass is 79.9. The lowest BCUT2D eigenvalue weighted by molar-refractivity contribution is 0.382. The Kier molecular flexibility index (Phi) is 5.50. The van der Waals surface area contributed by atoms with Crippen LogP contribution in [0.25, 0.3) is 10.9 Å². The number of para-hydroxylation sites is 1. The highest BCUT2D eigenvalue weighted by molar-refractivity contribution is 9.10. The molecule has 30 heavy (non-hydrogen) atoms. The number of aromatic nitrogens is 4. The summed E-state index contributed by atoms with van der Waals surface area (Å²) < 4.78 is 34.3. The number of aromatic amines is 1. The molecule has 2 N–H and O–H groups in total. The Balaban J connectivity index is 1.78. The largest absolute Gasteiger partial charge is 0.434 e. The smallest absolute Gasteiger partial charge is 0.391 e. The molecule has 3 aromatic heterocycles. The molecule has 2 atom stereocenters. The summed E-state index contributed by atoms with van der Waals surface area (Å²) in [7, 11) is -4.04. The molecule has 0 saturated heterocycles. The Hall–Kier alpha value is -2.89. The average Bonchev–Trinajstić information content (AvgIpc) is 3.17. The number of halogens is 1.